The average Bonchev–Trinajstić information content (AvgIpc) is 2.66. The summed E-state index contributed by atoms with van der Waals surface area (Å²) in [5.41, 5.74) is 0. The van der Waals surface area contributed by atoms with Gasteiger partial charge in [-0.15, -0.1) is 0 Å². The van der Waals surface area contributed by atoms with Crippen LogP contribution < -0.4 is 0 Å². The van der Waals surface area contributed by atoms with Crippen molar-refractivity contribution >= 4 is 0 Å². The summed E-state index contributed by atoms with van der Waals surface area (Å²) >= 11 is 0. The molecule has 0 saturated carbocycles. The third kappa shape index (κ3) is 6.44. The number of piperidine rings is 1. The van der Waals surface area contributed by atoms with E-state index in [1.807, 2.05) is 4.90 Å². The van der Waals surface area contributed by atoms with Gasteiger partial charge in [0.2, 0.25) is 0 Å². The van der Waals surface area contributed by atoms with Crippen LogP contribution in [-0.2, 0) is 0 Å². The van der Waals surface area contributed by atoms with Crippen molar-refractivity contribution in [2.45, 2.75) is 38.7 Å². The number of hydrogen-bond acceptors (Lipinski definition) is 4. The lowest BCUT2D eigenvalue weighted by atomic mass is 9.99. The number of halogens is 2. The Bertz CT molecular complexity index is 312. The Morgan fingerprint density at radius 2 is 1.36 bits per heavy atom. The van der Waals surface area contributed by atoms with Crippen molar-refractivity contribution in [2.24, 2.45) is 5.92 Å². The van der Waals surface area contributed by atoms with Gasteiger partial charge in [0.15, 0.2) is 0 Å². The summed E-state index contributed by atoms with van der Waals surface area (Å²) in [5, 5.41) is 10.3. The maximum absolute atomic E-state index is 12.4. The Kier molecular flexibility index (Phi) is 7.47. The van der Waals surface area contributed by atoms with Crippen LogP contribution >= 0.6 is 0 Å². The zero-order valence-electron chi connectivity index (χ0n) is 13.8. The van der Waals surface area contributed by atoms with E-state index in [1.54, 1.807) is 0 Å². The Hall–Kier alpha value is -0.300. The first-order valence-corrected chi connectivity index (χ1v) is 8.66. The largest absolute Gasteiger partial charge is 0.390 e. The van der Waals surface area contributed by atoms with Gasteiger partial charge in [0, 0.05) is 26.2 Å². The molecule has 130 valence electrons. The summed E-state index contributed by atoms with van der Waals surface area (Å²) in [7, 11) is 0. The minimum absolute atomic E-state index is 0.123. The van der Waals surface area contributed by atoms with Crippen LogP contribution in [0.15, 0.2) is 0 Å². The summed E-state index contributed by atoms with van der Waals surface area (Å²) in [6.07, 6.45) is 0.757. The molecule has 2 fully saturated rings. The molecular weight excluding hydrogens is 288 g/mol. The smallest absolute Gasteiger partial charge is 0.251 e. The molecule has 2 saturated heterocycles. The fourth-order valence-corrected chi connectivity index (χ4v) is 3.48. The molecule has 6 heteroatoms. The molecule has 0 aromatic heterocycles. The number of nitrogens with zero attached hydrogens (tertiary/aromatic N) is 3. The van der Waals surface area contributed by atoms with Gasteiger partial charge in [-0.2, -0.15) is 0 Å². The minimum atomic E-state index is -2.25. The van der Waals surface area contributed by atoms with E-state index in [-0.39, 0.29) is 12.6 Å². The molecule has 2 aliphatic heterocycles. The van der Waals surface area contributed by atoms with Crippen LogP contribution in [0.2, 0.25) is 0 Å². The highest BCUT2D eigenvalue weighted by molar-refractivity contribution is 4.76. The molecule has 2 rings (SSSR count). The van der Waals surface area contributed by atoms with Crippen molar-refractivity contribution in [3.8, 4) is 0 Å². The average molecular weight is 319 g/mol. The quantitative estimate of drug-likeness (QED) is 0.800. The second kappa shape index (κ2) is 9.11. The molecule has 0 amide bonds. The molecule has 22 heavy (non-hydrogen) atoms. The SMILES string of the molecule is CC1CCN(CC(O)CN2CCCN(CC(F)F)CC2)CC1. The van der Waals surface area contributed by atoms with Gasteiger partial charge in [0.1, 0.15) is 0 Å². The highest BCUT2D eigenvalue weighted by Gasteiger charge is 2.22. The van der Waals surface area contributed by atoms with Gasteiger partial charge in [-0.25, -0.2) is 8.78 Å². The van der Waals surface area contributed by atoms with Crippen LogP contribution in [0.3, 0.4) is 0 Å². The van der Waals surface area contributed by atoms with Crippen LogP contribution in [-0.4, -0.2) is 91.2 Å². The Morgan fingerprint density at radius 1 is 0.864 bits per heavy atom. The third-order valence-corrected chi connectivity index (χ3v) is 4.89. The summed E-state index contributed by atoms with van der Waals surface area (Å²) in [5.74, 6) is 0.805. The van der Waals surface area contributed by atoms with Gasteiger partial charge in [0.05, 0.1) is 12.6 Å². The van der Waals surface area contributed by atoms with Crippen LogP contribution in [0.25, 0.3) is 0 Å². The number of hydrogen-bond donors (Lipinski definition) is 1. The van der Waals surface area contributed by atoms with Gasteiger partial charge in [-0.05, 0) is 51.4 Å². The number of alkyl halides is 2. The third-order valence-electron chi connectivity index (χ3n) is 4.89. The highest BCUT2D eigenvalue weighted by Crippen LogP contribution is 2.16. The number of likely N-dealkylation sites (tertiary alicyclic amines) is 1. The van der Waals surface area contributed by atoms with E-state index in [4.69, 9.17) is 0 Å². The number of rotatable bonds is 6. The fraction of sp³-hybridized carbons (Fsp3) is 1.00. The second-order valence-corrected chi connectivity index (χ2v) is 6.98. The topological polar surface area (TPSA) is 30.0 Å². The van der Waals surface area contributed by atoms with Crippen molar-refractivity contribution < 1.29 is 13.9 Å². The first-order chi connectivity index (χ1) is 10.5. The Balaban J connectivity index is 1.67. The molecule has 4 nitrogen and oxygen atoms in total. The standard InChI is InChI=1S/C16H31F2N3O/c1-14-3-7-21(8-4-14)12-15(22)11-19-5-2-6-20(10-9-19)13-16(17)18/h14-16,22H,2-13H2,1H3. The Morgan fingerprint density at radius 3 is 1.91 bits per heavy atom. The van der Waals surface area contributed by atoms with Gasteiger partial charge < -0.3 is 10.0 Å². The highest BCUT2D eigenvalue weighted by atomic mass is 19.3. The predicted molar refractivity (Wildman–Crippen MR) is 84.3 cm³/mol. The summed E-state index contributed by atoms with van der Waals surface area (Å²) in [4.78, 5) is 6.41. The van der Waals surface area contributed by atoms with Crippen molar-refractivity contribution in [2.75, 3.05) is 58.9 Å². The zero-order valence-corrected chi connectivity index (χ0v) is 13.8. The first-order valence-electron chi connectivity index (χ1n) is 8.66. The zero-order chi connectivity index (χ0) is 15.9. The number of β-amino-alcohol motifs (C(OH)–C–C–N with tert-alkyl or cyclic N) is 1. The van der Waals surface area contributed by atoms with E-state index in [2.05, 4.69) is 16.7 Å². The van der Waals surface area contributed by atoms with Gasteiger partial charge in [-0.1, -0.05) is 6.92 Å². The van der Waals surface area contributed by atoms with Crippen LogP contribution in [0.5, 0.6) is 0 Å². The lowest BCUT2D eigenvalue weighted by Crippen LogP contribution is -2.44. The monoisotopic (exact) mass is 319 g/mol. The first kappa shape index (κ1) is 18.0. The lowest BCUT2D eigenvalue weighted by molar-refractivity contribution is 0.0602. The fourth-order valence-electron chi connectivity index (χ4n) is 3.48. The molecule has 0 radical (unpaired) electrons. The van der Waals surface area contributed by atoms with Crippen molar-refractivity contribution in [1.29, 1.82) is 0 Å². The predicted octanol–water partition coefficient (Wildman–Crippen LogP) is 1.35. The van der Waals surface area contributed by atoms with Crippen molar-refractivity contribution in [1.82, 2.24) is 14.7 Å². The normalized spacial score (nSPS) is 25.5. The maximum Gasteiger partial charge on any atom is 0.251 e. The molecular formula is C16H31F2N3O. The summed E-state index contributed by atoms with van der Waals surface area (Å²) < 4.78 is 24.9. The van der Waals surface area contributed by atoms with Crippen LogP contribution in [0.4, 0.5) is 8.78 Å². The Labute approximate surface area is 133 Å². The molecule has 0 aromatic carbocycles. The van der Waals surface area contributed by atoms with Crippen molar-refractivity contribution in [3.05, 3.63) is 0 Å². The molecule has 0 aliphatic carbocycles. The lowest BCUT2D eigenvalue weighted by Gasteiger charge is -2.33. The van der Waals surface area contributed by atoms with Crippen LogP contribution in [0, 0.1) is 5.92 Å². The van der Waals surface area contributed by atoms with Crippen molar-refractivity contribution in [3.63, 3.8) is 0 Å². The molecule has 0 aromatic rings. The molecule has 0 spiro atoms. The molecule has 1 atom stereocenters. The van der Waals surface area contributed by atoms with E-state index >= 15 is 0 Å². The molecule has 1 N–H and O–H groups in total. The molecule has 0 bridgehead atoms. The molecule has 2 heterocycles. The van der Waals surface area contributed by atoms with Gasteiger partial charge in [0.25, 0.3) is 6.43 Å². The van der Waals surface area contributed by atoms with E-state index in [0.717, 1.165) is 51.6 Å². The van der Waals surface area contributed by atoms with E-state index < -0.39 is 6.43 Å². The molecule has 2 aliphatic rings. The van der Waals surface area contributed by atoms with Gasteiger partial charge >= 0.3 is 0 Å². The van der Waals surface area contributed by atoms with Gasteiger partial charge in [-0.3, -0.25) is 9.80 Å². The van der Waals surface area contributed by atoms with E-state index in [1.165, 1.54) is 12.8 Å². The summed E-state index contributed by atoms with van der Waals surface area (Å²) in [6.45, 7) is 8.83. The summed E-state index contributed by atoms with van der Waals surface area (Å²) in [6, 6.07) is 0. The molecule has 1 unspecified atom stereocenters. The second-order valence-electron chi connectivity index (χ2n) is 6.98. The van der Waals surface area contributed by atoms with E-state index in [9.17, 15) is 13.9 Å². The number of aliphatic hydroxyl groups is 1. The minimum Gasteiger partial charge on any atom is -0.390 e. The maximum atomic E-state index is 12.4. The number of aliphatic hydroxyl groups excluding tert-OH is 1. The van der Waals surface area contributed by atoms with E-state index in [0.29, 0.717) is 13.1 Å². The van der Waals surface area contributed by atoms with Crippen LogP contribution in [0.1, 0.15) is 26.2 Å².